The summed E-state index contributed by atoms with van der Waals surface area (Å²) in [5.41, 5.74) is 8.44. The predicted octanol–water partition coefficient (Wildman–Crippen LogP) is 3.18. The zero-order valence-electron chi connectivity index (χ0n) is 9.90. The number of benzene rings is 2. The van der Waals surface area contributed by atoms with E-state index in [2.05, 4.69) is 40.8 Å². The topological polar surface area (TPSA) is 43.1 Å². The van der Waals surface area contributed by atoms with Gasteiger partial charge < -0.3 is 5.73 Å². The number of aryl methyl sites for hydroxylation is 2. The number of halogens is 1. The Morgan fingerprint density at radius 3 is 2.39 bits per heavy atom. The van der Waals surface area contributed by atoms with Crippen LogP contribution in [0.4, 0.5) is 0 Å². The molecule has 0 aliphatic heterocycles. The summed E-state index contributed by atoms with van der Waals surface area (Å²) in [6, 6.07) is 16.0. The van der Waals surface area contributed by atoms with E-state index in [0.29, 0.717) is 5.56 Å². The fourth-order valence-corrected chi connectivity index (χ4v) is 2.78. The molecule has 0 saturated heterocycles. The maximum Gasteiger partial charge on any atom is 0.249 e. The highest BCUT2D eigenvalue weighted by Crippen LogP contribution is 2.19. The Hall–Kier alpha value is -1.36. The van der Waals surface area contributed by atoms with Crippen molar-refractivity contribution in [2.24, 2.45) is 5.73 Å². The number of carbonyl (C=O) groups is 1. The second-order valence-electron chi connectivity index (χ2n) is 4.13. The van der Waals surface area contributed by atoms with Gasteiger partial charge in [0, 0.05) is 3.57 Å². The third kappa shape index (κ3) is 3.10. The molecule has 0 bridgehead atoms. The molecule has 0 fully saturated rings. The molecular formula is C15H14INO. The van der Waals surface area contributed by atoms with E-state index in [0.717, 1.165) is 16.4 Å². The first-order valence-corrected chi connectivity index (χ1v) is 6.87. The molecule has 2 nitrogen and oxygen atoms in total. The van der Waals surface area contributed by atoms with Gasteiger partial charge in [0.25, 0.3) is 0 Å². The minimum absolute atomic E-state index is 0.360. The van der Waals surface area contributed by atoms with E-state index < -0.39 is 0 Å². The molecule has 0 atom stereocenters. The molecule has 92 valence electrons. The van der Waals surface area contributed by atoms with Gasteiger partial charge in [-0.15, -0.1) is 0 Å². The molecule has 0 aliphatic rings. The predicted molar refractivity (Wildman–Crippen MR) is 81.5 cm³/mol. The quantitative estimate of drug-likeness (QED) is 0.845. The Labute approximate surface area is 120 Å². The summed E-state index contributed by atoms with van der Waals surface area (Å²) < 4.78 is 0.971. The van der Waals surface area contributed by atoms with Crippen molar-refractivity contribution >= 4 is 28.5 Å². The molecule has 18 heavy (non-hydrogen) atoms. The normalized spacial score (nSPS) is 10.3. The molecule has 0 spiro atoms. The van der Waals surface area contributed by atoms with Crippen LogP contribution in [0.1, 0.15) is 21.5 Å². The number of nitrogens with two attached hydrogens (primary N) is 1. The van der Waals surface area contributed by atoms with Crippen LogP contribution in [0.25, 0.3) is 0 Å². The first-order valence-electron chi connectivity index (χ1n) is 5.79. The second kappa shape index (κ2) is 6.00. The Morgan fingerprint density at radius 1 is 1.00 bits per heavy atom. The average Bonchev–Trinajstić information content (AvgIpc) is 2.38. The van der Waals surface area contributed by atoms with Gasteiger partial charge in [-0.3, -0.25) is 4.79 Å². The van der Waals surface area contributed by atoms with Crippen molar-refractivity contribution in [2.75, 3.05) is 0 Å². The molecule has 0 heterocycles. The zero-order valence-corrected chi connectivity index (χ0v) is 12.1. The summed E-state index contributed by atoms with van der Waals surface area (Å²) in [5, 5.41) is 0. The summed E-state index contributed by atoms with van der Waals surface area (Å²) in [4.78, 5) is 11.3. The highest BCUT2D eigenvalue weighted by atomic mass is 127. The lowest BCUT2D eigenvalue weighted by Gasteiger charge is -2.07. The fourth-order valence-electron chi connectivity index (χ4n) is 1.89. The first kappa shape index (κ1) is 13.1. The molecule has 2 N–H and O–H groups in total. The van der Waals surface area contributed by atoms with Crippen LogP contribution in [0, 0.1) is 3.57 Å². The second-order valence-corrected chi connectivity index (χ2v) is 5.21. The molecular weight excluding hydrogens is 337 g/mol. The van der Waals surface area contributed by atoms with Gasteiger partial charge in [0.2, 0.25) is 5.91 Å². The molecule has 1 amide bonds. The van der Waals surface area contributed by atoms with Gasteiger partial charge in [-0.2, -0.15) is 0 Å². The van der Waals surface area contributed by atoms with Crippen molar-refractivity contribution in [3.8, 4) is 0 Å². The Balaban J connectivity index is 2.15. The van der Waals surface area contributed by atoms with Crippen LogP contribution in [-0.2, 0) is 12.8 Å². The van der Waals surface area contributed by atoms with Gasteiger partial charge in [0.15, 0.2) is 0 Å². The highest BCUT2D eigenvalue weighted by molar-refractivity contribution is 14.1. The van der Waals surface area contributed by atoms with E-state index in [1.54, 1.807) is 6.07 Å². The van der Waals surface area contributed by atoms with Crippen molar-refractivity contribution in [1.29, 1.82) is 0 Å². The number of rotatable bonds is 4. The summed E-state index contributed by atoms with van der Waals surface area (Å²) in [6.45, 7) is 0. The third-order valence-electron chi connectivity index (χ3n) is 2.87. The van der Waals surface area contributed by atoms with E-state index in [9.17, 15) is 4.79 Å². The number of amides is 1. The molecule has 2 rings (SSSR count). The van der Waals surface area contributed by atoms with Gasteiger partial charge in [0.05, 0.1) is 5.56 Å². The molecule has 3 heteroatoms. The summed E-state index contributed by atoms with van der Waals surface area (Å²) in [6.07, 6.45) is 1.89. The van der Waals surface area contributed by atoms with Gasteiger partial charge in [-0.1, -0.05) is 42.5 Å². The van der Waals surface area contributed by atoms with Crippen LogP contribution >= 0.6 is 22.6 Å². The lowest BCUT2D eigenvalue weighted by atomic mass is 10.0. The zero-order chi connectivity index (χ0) is 13.0. The van der Waals surface area contributed by atoms with E-state index in [1.165, 1.54) is 11.1 Å². The van der Waals surface area contributed by atoms with Crippen LogP contribution in [0.15, 0.2) is 48.5 Å². The first-order chi connectivity index (χ1) is 8.68. The molecule has 0 unspecified atom stereocenters. The Kier molecular flexibility index (Phi) is 4.36. The molecule has 0 radical (unpaired) electrons. The van der Waals surface area contributed by atoms with Crippen LogP contribution in [0.5, 0.6) is 0 Å². The standard InChI is InChI=1S/C15H14INO/c16-14-12(7-4-8-13(14)15(17)18)10-9-11-5-2-1-3-6-11/h1-8H,9-10H2,(H2,17,18). The van der Waals surface area contributed by atoms with Crippen molar-refractivity contribution < 1.29 is 4.79 Å². The minimum atomic E-state index is -0.360. The van der Waals surface area contributed by atoms with Gasteiger partial charge in [0.1, 0.15) is 0 Å². The Morgan fingerprint density at radius 2 is 1.72 bits per heavy atom. The van der Waals surface area contributed by atoms with Crippen molar-refractivity contribution in [2.45, 2.75) is 12.8 Å². The summed E-state index contributed by atoms with van der Waals surface area (Å²) >= 11 is 2.20. The third-order valence-corrected chi connectivity index (χ3v) is 4.14. The number of hydrogen-bond donors (Lipinski definition) is 1. The van der Waals surface area contributed by atoms with Gasteiger partial charge in [-0.25, -0.2) is 0 Å². The maximum absolute atomic E-state index is 11.3. The monoisotopic (exact) mass is 351 g/mol. The summed E-state index contributed by atoms with van der Waals surface area (Å²) in [5.74, 6) is -0.360. The minimum Gasteiger partial charge on any atom is -0.366 e. The van der Waals surface area contributed by atoms with Crippen LogP contribution < -0.4 is 5.73 Å². The number of carbonyl (C=O) groups excluding carboxylic acids is 1. The van der Waals surface area contributed by atoms with Crippen molar-refractivity contribution in [1.82, 2.24) is 0 Å². The lowest BCUT2D eigenvalue weighted by Crippen LogP contribution is -2.13. The smallest absolute Gasteiger partial charge is 0.249 e. The number of primary amides is 1. The molecule has 2 aromatic rings. The van der Waals surface area contributed by atoms with E-state index >= 15 is 0 Å². The van der Waals surface area contributed by atoms with Crippen LogP contribution in [0.2, 0.25) is 0 Å². The van der Waals surface area contributed by atoms with Crippen molar-refractivity contribution in [3.05, 3.63) is 68.8 Å². The maximum atomic E-state index is 11.3. The SMILES string of the molecule is NC(=O)c1cccc(CCc2ccccc2)c1I. The average molecular weight is 351 g/mol. The fraction of sp³-hybridized carbons (Fsp3) is 0.133. The molecule has 0 aromatic heterocycles. The van der Waals surface area contributed by atoms with Gasteiger partial charge in [-0.05, 0) is 52.6 Å². The molecule has 0 aliphatic carbocycles. The number of hydrogen-bond acceptors (Lipinski definition) is 1. The van der Waals surface area contributed by atoms with Crippen molar-refractivity contribution in [3.63, 3.8) is 0 Å². The molecule has 0 saturated carbocycles. The lowest BCUT2D eigenvalue weighted by molar-refractivity contribution is 0.0999. The molecule has 2 aromatic carbocycles. The van der Waals surface area contributed by atoms with E-state index in [4.69, 9.17) is 5.73 Å². The van der Waals surface area contributed by atoms with Gasteiger partial charge >= 0.3 is 0 Å². The van der Waals surface area contributed by atoms with E-state index in [1.807, 2.05) is 24.3 Å². The van der Waals surface area contributed by atoms with Crippen LogP contribution in [0.3, 0.4) is 0 Å². The van der Waals surface area contributed by atoms with E-state index in [-0.39, 0.29) is 5.91 Å². The van der Waals surface area contributed by atoms with Crippen LogP contribution in [-0.4, -0.2) is 5.91 Å². The summed E-state index contributed by atoms with van der Waals surface area (Å²) in [7, 11) is 0. The largest absolute Gasteiger partial charge is 0.366 e. The highest BCUT2D eigenvalue weighted by Gasteiger charge is 2.09. The Bertz CT molecular complexity index is 552.